The molecule has 1 amide bonds. The fraction of sp³-hybridized carbons (Fsp3) is 0.300. The third-order valence-electron chi connectivity index (χ3n) is 4.50. The molecule has 0 bridgehead atoms. The van der Waals surface area contributed by atoms with Gasteiger partial charge >= 0.3 is 0 Å². The highest BCUT2D eigenvalue weighted by Gasteiger charge is 2.14. The first-order valence-corrected chi connectivity index (χ1v) is 10.6. The number of nitrogens with one attached hydrogen (secondary N) is 1. The largest absolute Gasteiger partial charge is 0.321 e. The Balaban J connectivity index is 1.42. The minimum atomic E-state index is -0.0968. The minimum absolute atomic E-state index is 0.0968. The number of nitrogens with zero attached hydrogens (tertiary/aromatic N) is 2. The number of anilines is 1. The second-order valence-electron chi connectivity index (χ2n) is 6.50. The van der Waals surface area contributed by atoms with Gasteiger partial charge < -0.3 is 5.32 Å². The van der Waals surface area contributed by atoms with Crippen LogP contribution in [-0.2, 0) is 6.54 Å². The lowest BCUT2D eigenvalue weighted by molar-refractivity contribution is 0.103. The van der Waals surface area contributed by atoms with Crippen LogP contribution in [0.15, 0.2) is 48.0 Å². The number of hydrogen-bond donors (Lipinski definition) is 1. The number of aromatic nitrogens is 1. The number of thiophene rings is 1. The van der Waals surface area contributed by atoms with Crippen molar-refractivity contribution >= 4 is 34.3 Å². The second kappa shape index (κ2) is 8.12. The van der Waals surface area contributed by atoms with Crippen LogP contribution in [0.4, 0.5) is 5.69 Å². The van der Waals surface area contributed by atoms with E-state index in [2.05, 4.69) is 27.3 Å². The van der Waals surface area contributed by atoms with Gasteiger partial charge in [0.2, 0.25) is 0 Å². The molecule has 4 nitrogen and oxygen atoms in total. The van der Waals surface area contributed by atoms with E-state index in [-0.39, 0.29) is 5.91 Å². The Morgan fingerprint density at radius 2 is 2.04 bits per heavy atom. The standard InChI is InChI=1S/C20H21N3OS2/c24-19(18-13-21-20(26-18)17-8-5-11-25-17)22-16-7-4-6-15(12-16)14-23-9-2-1-3-10-23/h4-8,11-13H,1-3,9-10,14H2,(H,22,24). The molecule has 134 valence electrons. The van der Waals surface area contributed by atoms with Crippen LogP contribution in [0.3, 0.4) is 0 Å². The van der Waals surface area contributed by atoms with E-state index < -0.39 is 0 Å². The Labute approximate surface area is 161 Å². The molecule has 0 aliphatic carbocycles. The van der Waals surface area contributed by atoms with Crippen LogP contribution >= 0.6 is 22.7 Å². The molecule has 3 heterocycles. The first kappa shape index (κ1) is 17.4. The third-order valence-corrected chi connectivity index (χ3v) is 6.54. The highest BCUT2D eigenvalue weighted by molar-refractivity contribution is 7.22. The second-order valence-corrected chi connectivity index (χ2v) is 8.48. The number of likely N-dealkylation sites (tertiary alicyclic amines) is 1. The van der Waals surface area contributed by atoms with Gasteiger partial charge in [-0.1, -0.05) is 24.6 Å². The SMILES string of the molecule is O=C(Nc1cccc(CN2CCCCC2)c1)c1cnc(-c2cccs2)s1. The molecule has 4 rings (SSSR count). The van der Waals surface area contributed by atoms with E-state index in [0.717, 1.165) is 22.1 Å². The molecular formula is C20H21N3OS2. The Morgan fingerprint density at radius 3 is 2.85 bits per heavy atom. The number of rotatable bonds is 5. The lowest BCUT2D eigenvalue weighted by atomic mass is 10.1. The van der Waals surface area contributed by atoms with Gasteiger partial charge in [0.25, 0.3) is 5.91 Å². The van der Waals surface area contributed by atoms with Crippen molar-refractivity contribution in [3.8, 4) is 9.88 Å². The number of amides is 1. The van der Waals surface area contributed by atoms with Crippen molar-refractivity contribution < 1.29 is 4.79 Å². The Hall–Kier alpha value is -2.02. The van der Waals surface area contributed by atoms with Crippen molar-refractivity contribution in [2.45, 2.75) is 25.8 Å². The molecule has 26 heavy (non-hydrogen) atoms. The van der Waals surface area contributed by atoms with Crippen LogP contribution in [0.25, 0.3) is 9.88 Å². The molecule has 0 unspecified atom stereocenters. The maximum Gasteiger partial charge on any atom is 0.267 e. The van der Waals surface area contributed by atoms with Crippen LogP contribution in [0, 0.1) is 0 Å². The number of hydrogen-bond acceptors (Lipinski definition) is 5. The summed E-state index contributed by atoms with van der Waals surface area (Å²) in [7, 11) is 0. The fourth-order valence-corrected chi connectivity index (χ4v) is 4.82. The van der Waals surface area contributed by atoms with E-state index in [1.54, 1.807) is 17.5 Å². The monoisotopic (exact) mass is 383 g/mol. The van der Waals surface area contributed by atoms with Gasteiger partial charge in [0, 0.05) is 12.2 Å². The average molecular weight is 384 g/mol. The summed E-state index contributed by atoms with van der Waals surface area (Å²) < 4.78 is 0. The first-order chi connectivity index (χ1) is 12.8. The van der Waals surface area contributed by atoms with Crippen LogP contribution in [0.5, 0.6) is 0 Å². The molecule has 1 aromatic carbocycles. The molecule has 0 atom stereocenters. The average Bonchev–Trinajstić information content (AvgIpc) is 3.34. The molecule has 3 aromatic rings. The molecule has 1 fully saturated rings. The first-order valence-electron chi connectivity index (χ1n) is 8.90. The van der Waals surface area contributed by atoms with Crippen molar-refractivity contribution in [2.75, 3.05) is 18.4 Å². The lowest BCUT2D eigenvalue weighted by Crippen LogP contribution is -2.29. The topological polar surface area (TPSA) is 45.2 Å². The number of carbonyl (C=O) groups is 1. The summed E-state index contributed by atoms with van der Waals surface area (Å²) in [6, 6.07) is 12.2. The van der Waals surface area contributed by atoms with Crippen molar-refractivity contribution in [3.63, 3.8) is 0 Å². The van der Waals surface area contributed by atoms with Crippen LogP contribution in [-0.4, -0.2) is 28.9 Å². The van der Waals surface area contributed by atoms with Crippen LogP contribution in [0.2, 0.25) is 0 Å². The van der Waals surface area contributed by atoms with Gasteiger partial charge in [0.1, 0.15) is 9.88 Å². The lowest BCUT2D eigenvalue weighted by Gasteiger charge is -2.26. The quantitative estimate of drug-likeness (QED) is 0.666. The summed E-state index contributed by atoms with van der Waals surface area (Å²) in [6.45, 7) is 3.29. The van der Waals surface area contributed by atoms with E-state index >= 15 is 0 Å². The van der Waals surface area contributed by atoms with Crippen LogP contribution in [0.1, 0.15) is 34.5 Å². The van der Waals surface area contributed by atoms with Gasteiger partial charge in [0.15, 0.2) is 0 Å². The molecule has 1 aliphatic rings. The number of piperidine rings is 1. The molecule has 1 N–H and O–H groups in total. The van der Waals surface area contributed by atoms with Crippen molar-refractivity contribution in [1.82, 2.24) is 9.88 Å². The van der Waals surface area contributed by atoms with Crippen molar-refractivity contribution in [1.29, 1.82) is 0 Å². The Morgan fingerprint density at radius 1 is 1.15 bits per heavy atom. The fourth-order valence-electron chi connectivity index (χ4n) is 3.21. The van der Waals surface area contributed by atoms with Gasteiger partial charge in [-0.2, -0.15) is 0 Å². The zero-order valence-corrected chi connectivity index (χ0v) is 16.1. The smallest absolute Gasteiger partial charge is 0.267 e. The molecular weight excluding hydrogens is 362 g/mol. The van der Waals surface area contributed by atoms with E-state index in [9.17, 15) is 4.79 Å². The van der Waals surface area contributed by atoms with Crippen LogP contribution < -0.4 is 5.32 Å². The molecule has 1 saturated heterocycles. The summed E-state index contributed by atoms with van der Waals surface area (Å²) in [5.41, 5.74) is 2.09. The van der Waals surface area contributed by atoms with Gasteiger partial charge in [-0.05, 0) is 55.1 Å². The Bertz CT molecular complexity index is 867. The minimum Gasteiger partial charge on any atom is -0.321 e. The number of thiazole rings is 1. The highest BCUT2D eigenvalue weighted by atomic mass is 32.1. The van der Waals surface area contributed by atoms with Crippen molar-refractivity contribution in [3.05, 3.63) is 58.4 Å². The van der Waals surface area contributed by atoms with Crippen molar-refractivity contribution in [2.24, 2.45) is 0 Å². The zero-order chi connectivity index (χ0) is 17.8. The maximum absolute atomic E-state index is 12.6. The molecule has 6 heteroatoms. The summed E-state index contributed by atoms with van der Waals surface area (Å²) in [5.74, 6) is -0.0968. The molecule has 0 spiro atoms. The summed E-state index contributed by atoms with van der Waals surface area (Å²) >= 11 is 3.06. The molecule has 2 aromatic heterocycles. The normalized spacial score (nSPS) is 15.1. The van der Waals surface area contributed by atoms with Gasteiger partial charge in [0.05, 0.1) is 11.1 Å². The van der Waals surface area contributed by atoms with E-state index in [4.69, 9.17) is 0 Å². The molecule has 0 saturated carbocycles. The van der Waals surface area contributed by atoms with Gasteiger partial charge in [-0.3, -0.25) is 9.69 Å². The van der Waals surface area contributed by atoms with Gasteiger partial charge in [-0.15, -0.1) is 22.7 Å². The highest BCUT2D eigenvalue weighted by Crippen LogP contribution is 2.29. The predicted molar refractivity (Wildman–Crippen MR) is 109 cm³/mol. The summed E-state index contributed by atoms with van der Waals surface area (Å²) in [4.78, 5) is 21.1. The summed E-state index contributed by atoms with van der Waals surface area (Å²) in [5, 5.41) is 5.92. The maximum atomic E-state index is 12.6. The number of carbonyl (C=O) groups excluding carboxylic acids is 1. The number of benzene rings is 1. The summed E-state index contributed by atoms with van der Waals surface area (Å²) in [6.07, 6.45) is 5.57. The van der Waals surface area contributed by atoms with E-state index in [0.29, 0.717) is 4.88 Å². The zero-order valence-electron chi connectivity index (χ0n) is 14.5. The predicted octanol–water partition coefficient (Wildman–Crippen LogP) is 5.11. The Kier molecular flexibility index (Phi) is 5.43. The third kappa shape index (κ3) is 4.20. The van der Waals surface area contributed by atoms with E-state index in [1.807, 2.05) is 29.6 Å². The molecule has 1 aliphatic heterocycles. The molecule has 0 radical (unpaired) electrons. The van der Waals surface area contributed by atoms with E-state index in [1.165, 1.54) is 49.3 Å². The van der Waals surface area contributed by atoms with Gasteiger partial charge in [-0.25, -0.2) is 4.98 Å².